The van der Waals surface area contributed by atoms with Crippen molar-refractivity contribution in [3.8, 4) is 0 Å². The first-order chi connectivity index (χ1) is 9.47. The zero-order chi connectivity index (χ0) is 14.7. The third-order valence-electron chi connectivity index (χ3n) is 2.36. The molecule has 1 amide bonds. The number of anilines is 1. The van der Waals surface area contributed by atoms with Crippen molar-refractivity contribution in [1.29, 1.82) is 0 Å². The Morgan fingerprint density at radius 2 is 2.10 bits per heavy atom. The van der Waals surface area contributed by atoms with Crippen LogP contribution in [0.4, 0.5) is 15.9 Å². The summed E-state index contributed by atoms with van der Waals surface area (Å²) in [5, 5.41) is 13.2. The second-order valence-electron chi connectivity index (χ2n) is 3.72. The number of halogens is 2. The van der Waals surface area contributed by atoms with Gasteiger partial charge in [0.25, 0.3) is 11.6 Å². The van der Waals surface area contributed by atoms with Crippen molar-refractivity contribution in [2.75, 3.05) is 5.32 Å². The summed E-state index contributed by atoms with van der Waals surface area (Å²) in [5.74, 6) is -1.34. The van der Waals surface area contributed by atoms with Crippen LogP contribution in [-0.4, -0.2) is 15.8 Å². The standard InChI is InChI=1S/C12H7BrFN3O3/c13-10-2-1-3-11(15-10)16-12(18)8-6-7(14)4-5-9(8)17(19)20/h1-6H,(H,15,16,18). The van der Waals surface area contributed by atoms with Gasteiger partial charge in [0.05, 0.1) is 4.92 Å². The Bertz CT molecular complexity index is 693. The first kappa shape index (κ1) is 14.1. The Hall–Kier alpha value is -2.35. The van der Waals surface area contributed by atoms with Gasteiger partial charge < -0.3 is 5.32 Å². The lowest BCUT2D eigenvalue weighted by atomic mass is 10.1. The lowest BCUT2D eigenvalue weighted by molar-refractivity contribution is -0.385. The average molecular weight is 340 g/mol. The first-order valence-corrected chi connectivity index (χ1v) is 6.14. The van der Waals surface area contributed by atoms with Gasteiger partial charge in [-0.2, -0.15) is 0 Å². The van der Waals surface area contributed by atoms with Gasteiger partial charge in [-0.1, -0.05) is 6.07 Å². The Morgan fingerprint density at radius 3 is 2.75 bits per heavy atom. The van der Waals surface area contributed by atoms with Gasteiger partial charge in [0.1, 0.15) is 21.8 Å². The Kier molecular flexibility index (Phi) is 4.04. The van der Waals surface area contributed by atoms with E-state index in [2.05, 4.69) is 26.2 Å². The van der Waals surface area contributed by atoms with Crippen molar-refractivity contribution in [2.45, 2.75) is 0 Å². The number of benzene rings is 1. The third kappa shape index (κ3) is 3.15. The van der Waals surface area contributed by atoms with E-state index in [-0.39, 0.29) is 11.4 Å². The zero-order valence-electron chi connectivity index (χ0n) is 9.84. The number of amides is 1. The number of carbonyl (C=O) groups is 1. The van der Waals surface area contributed by atoms with E-state index in [0.29, 0.717) is 4.60 Å². The molecule has 8 heteroatoms. The summed E-state index contributed by atoms with van der Waals surface area (Å²) in [6.07, 6.45) is 0. The summed E-state index contributed by atoms with van der Waals surface area (Å²) in [5.41, 5.74) is -0.837. The maximum Gasteiger partial charge on any atom is 0.282 e. The van der Waals surface area contributed by atoms with Crippen LogP contribution in [0.15, 0.2) is 41.0 Å². The van der Waals surface area contributed by atoms with E-state index in [1.807, 2.05) is 0 Å². The number of nitro groups is 1. The molecule has 2 rings (SSSR count). The van der Waals surface area contributed by atoms with Crippen LogP contribution in [0.2, 0.25) is 0 Å². The molecule has 0 bridgehead atoms. The molecule has 0 unspecified atom stereocenters. The average Bonchev–Trinajstić information content (AvgIpc) is 2.38. The highest BCUT2D eigenvalue weighted by Crippen LogP contribution is 2.21. The maximum absolute atomic E-state index is 13.1. The van der Waals surface area contributed by atoms with Crippen LogP contribution in [0.1, 0.15) is 10.4 Å². The predicted octanol–water partition coefficient (Wildman–Crippen LogP) is 3.14. The summed E-state index contributed by atoms with van der Waals surface area (Å²) in [4.78, 5) is 26.0. The number of nitrogens with zero attached hydrogens (tertiary/aromatic N) is 2. The molecule has 0 saturated carbocycles. The molecule has 0 spiro atoms. The number of nitro benzene ring substituents is 1. The van der Waals surface area contributed by atoms with Crippen LogP contribution in [0.25, 0.3) is 0 Å². The molecule has 0 atom stereocenters. The molecule has 0 aliphatic carbocycles. The van der Waals surface area contributed by atoms with Crippen LogP contribution in [0.5, 0.6) is 0 Å². The molecule has 2 aromatic rings. The maximum atomic E-state index is 13.1. The van der Waals surface area contributed by atoms with Gasteiger partial charge in [-0.25, -0.2) is 9.37 Å². The summed E-state index contributed by atoms with van der Waals surface area (Å²) in [7, 11) is 0. The molecule has 0 aliphatic rings. The Morgan fingerprint density at radius 1 is 1.35 bits per heavy atom. The molecule has 20 heavy (non-hydrogen) atoms. The number of hydrogen-bond donors (Lipinski definition) is 1. The predicted molar refractivity (Wildman–Crippen MR) is 72.9 cm³/mol. The van der Waals surface area contributed by atoms with Crippen LogP contribution < -0.4 is 5.32 Å². The smallest absolute Gasteiger partial charge is 0.282 e. The summed E-state index contributed by atoms with van der Waals surface area (Å²) < 4.78 is 13.6. The summed E-state index contributed by atoms with van der Waals surface area (Å²) >= 11 is 3.13. The number of aromatic nitrogens is 1. The molecule has 0 aliphatic heterocycles. The molecule has 0 saturated heterocycles. The second-order valence-corrected chi connectivity index (χ2v) is 4.53. The number of hydrogen-bond acceptors (Lipinski definition) is 4. The van der Waals surface area contributed by atoms with E-state index in [1.54, 1.807) is 12.1 Å². The van der Waals surface area contributed by atoms with Crippen molar-refractivity contribution >= 4 is 33.3 Å². The van der Waals surface area contributed by atoms with E-state index in [9.17, 15) is 19.3 Å². The number of carbonyl (C=O) groups excluding carboxylic acids is 1. The van der Waals surface area contributed by atoms with Gasteiger partial charge in [0.2, 0.25) is 0 Å². The fourth-order valence-electron chi connectivity index (χ4n) is 1.51. The highest BCUT2D eigenvalue weighted by atomic mass is 79.9. The second kappa shape index (κ2) is 5.74. The Balaban J connectivity index is 2.34. The van der Waals surface area contributed by atoms with Gasteiger partial charge >= 0.3 is 0 Å². The fraction of sp³-hybridized carbons (Fsp3) is 0. The van der Waals surface area contributed by atoms with Crippen LogP contribution in [0.3, 0.4) is 0 Å². The SMILES string of the molecule is O=C(Nc1cccc(Br)n1)c1cc(F)ccc1[N+](=O)[O-]. The lowest BCUT2D eigenvalue weighted by Gasteiger charge is -2.05. The van der Waals surface area contributed by atoms with Crippen molar-refractivity contribution < 1.29 is 14.1 Å². The molecule has 0 radical (unpaired) electrons. The molecule has 1 heterocycles. The quantitative estimate of drug-likeness (QED) is 0.528. The van der Waals surface area contributed by atoms with Crippen molar-refractivity contribution in [2.24, 2.45) is 0 Å². The minimum absolute atomic E-state index is 0.197. The molecule has 0 fully saturated rings. The number of rotatable bonds is 3. The van der Waals surface area contributed by atoms with E-state index < -0.39 is 22.3 Å². The minimum Gasteiger partial charge on any atom is -0.306 e. The normalized spacial score (nSPS) is 10.1. The molecular formula is C12H7BrFN3O3. The minimum atomic E-state index is -0.804. The topological polar surface area (TPSA) is 85.1 Å². The van der Waals surface area contributed by atoms with Crippen molar-refractivity contribution in [3.05, 3.63) is 62.5 Å². The monoisotopic (exact) mass is 339 g/mol. The summed E-state index contributed by atoms with van der Waals surface area (Å²) in [6.45, 7) is 0. The molecule has 1 N–H and O–H groups in total. The van der Waals surface area contributed by atoms with Gasteiger partial charge in [-0.15, -0.1) is 0 Å². The van der Waals surface area contributed by atoms with Crippen molar-refractivity contribution in [3.63, 3.8) is 0 Å². The summed E-state index contributed by atoms with van der Waals surface area (Å²) in [6, 6.07) is 7.47. The molecular weight excluding hydrogens is 333 g/mol. The number of nitrogens with one attached hydrogen (secondary N) is 1. The number of pyridine rings is 1. The highest BCUT2D eigenvalue weighted by Gasteiger charge is 2.21. The fourth-order valence-corrected chi connectivity index (χ4v) is 1.85. The molecule has 1 aromatic carbocycles. The van der Waals surface area contributed by atoms with E-state index in [0.717, 1.165) is 18.2 Å². The van der Waals surface area contributed by atoms with Gasteiger partial charge in [-0.3, -0.25) is 14.9 Å². The Labute approximate surface area is 120 Å². The molecule has 102 valence electrons. The van der Waals surface area contributed by atoms with Crippen LogP contribution in [0, 0.1) is 15.9 Å². The van der Waals surface area contributed by atoms with E-state index in [1.165, 1.54) is 6.07 Å². The molecule has 6 nitrogen and oxygen atoms in total. The third-order valence-corrected chi connectivity index (χ3v) is 2.80. The zero-order valence-corrected chi connectivity index (χ0v) is 11.4. The van der Waals surface area contributed by atoms with E-state index >= 15 is 0 Å². The first-order valence-electron chi connectivity index (χ1n) is 5.35. The lowest BCUT2D eigenvalue weighted by Crippen LogP contribution is -2.15. The van der Waals surface area contributed by atoms with Gasteiger partial charge in [0, 0.05) is 6.07 Å². The molecule has 1 aromatic heterocycles. The largest absolute Gasteiger partial charge is 0.306 e. The van der Waals surface area contributed by atoms with Gasteiger partial charge in [-0.05, 0) is 40.2 Å². The van der Waals surface area contributed by atoms with Crippen LogP contribution >= 0.6 is 15.9 Å². The van der Waals surface area contributed by atoms with Crippen LogP contribution in [-0.2, 0) is 0 Å². The van der Waals surface area contributed by atoms with E-state index in [4.69, 9.17) is 0 Å². The van der Waals surface area contributed by atoms with Gasteiger partial charge in [0.15, 0.2) is 0 Å². The highest BCUT2D eigenvalue weighted by molar-refractivity contribution is 9.10. The van der Waals surface area contributed by atoms with Crippen molar-refractivity contribution in [1.82, 2.24) is 4.98 Å².